The minimum absolute atomic E-state index is 0.0358. The molecule has 0 saturated heterocycles. The Morgan fingerprint density at radius 1 is 1.19 bits per heavy atom. The fraction of sp³-hybridized carbons (Fsp3) is 0. The maximum atomic E-state index is 12.3. The molecule has 9 heteroatoms. The van der Waals surface area contributed by atoms with Gasteiger partial charge in [-0.25, -0.2) is 8.42 Å². The minimum atomic E-state index is -3.78. The zero-order valence-electron chi connectivity index (χ0n) is 10.4. The summed E-state index contributed by atoms with van der Waals surface area (Å²) in [6.45, 7) is 0. The Kier molecular flexibility index (Phi) is 4.97. The van der Waals surface area contributed by atoms with Crippen LogP contribution in [0.5, 0.6) is 0 Å². The zero-order valence-corrected chi connectivity index (χ0v) is 15.2. The molecule has 0 aliphatic heterocycles. The number of thiocarbonyl (C=S) groups is 1. The monoisotopic (exact) mass is 449 g/mol. The summed E-state index contributed by atoms with van der Waals surface area (Å²) in [7, 11) is -3.78. The van der Waals surface area contributed by atoms with Crippen molar-refractivity contribution in [2.75, 3.05) is 4.72 Å². The van der Waals surface area contributed by atoms with E-state index < -0.39 is 10.0 Å². The van der Waals surface area contributed by atoms with E-state index >= 15 is 0 Å². The van der Waals surface area contributed by atoms with Gasteiger partial charge >= 0.3 is 0 Å². The Bertz CT molecular complexity index is 810. The molecule has 1 heterocycles. The normalized spacial score (nSPS) is 11.1. The van der Waals surface area contributed by atoms with Crippen LogP contribution in [0.1, 0.15) is 5.56 Å². The lowest BCUT2D eigenvalue weighted by Gasteiger charge is -2.12. The Morgan fingerprint density at radius 3 is 2.52 bits per heavy atom. The number of aromatic nitrogens is 1. The van der Waals surface area contributed by atoms with Gasteiger partial charge in [0.15, 0.2) is 0 Å². The van der Waals surface area contributed by atoms with Crippen LogP contribution in [-0.4, -0.2) is 18.4 Å². The minimum Gasteiger partial charge on any atom is -0.389 e. The van der Waals surface area contributed by atoms with Crippen molar-refractivity contribution in [1.29, 1.82) is 0 Å². The second-order valence-electron chi connectivity index (χ2n) is 4.00. The first-order chi connectivity index (χ1) is 9.79. The predicted molar refractivity (Wildman–Crippen MR) is 92.8 cm³/mol. The van der Waals surface area contributed by atoms with E-state index in [0.29, 0.717) is 15.7 Å². The number of hydrogen-bond donors (Lipinski definition) is 2. The van der Waals surface area contributed by atoms with E-state index in [-0.39, 0.29) is 9.88 Å². The van der Waals surface area contributed by atoms with Crippen LogP contribution in [0.25, 0.3) is 0 Å². The molecule has 0 atom stereocenters. The average molecular weight is 451 g/mol. The molecule has 0 fully saturated rings. The van der Waals surface area contributed by atoms with Crippen LogP contribution in [0.3, 0.4) is 0 Å². The first-order valence-corrected chi connectivity index (χ1v) is 9.00. The maximum absolute atomic E-state index is 12.3. The summed E-state index contributed by atoms with van der Waals surface area (Å²) in [5.74, 6) is 0. The molecule has 5 nitrogen and oxygen atoms in total. The summed E-state index contributed by atoms with van der Waals surface area (Å²) in [4.78, 5) is 3.97. The summed E-state index contributed by atoms with van der Waals surface area (Å²) in [6.07, 6.45) is 2.76. The molecule has 1 aromatic heterocycles. The van der Waals surface area contributed by atoms with Gasteiger partial charge in [-0.15, -0.1) is 0 Å². The van der Waals surface area contributed by atoms with E-state index in [9.17, 15) is 8.42 Å². The zero-order chi connectivity index (χ0) is 15.6. The second-order valence-corrected chi connectivity index (χ2v) is 7.95. The van der Waals surface area contributed by atoms with Crippen LogP contribution in [0.15, 0.2) is 50.5 Å². The van der Waals surface area contributed by atoms with Crippen molar-refractivity contribution in [2.45, 2.75) is 4.90 Å². The molecular formula is C12H9Br2N3O2S2. The van der Waals surface area contributed by atoms with Crippen molar-refractivity contribution >= 4 is 64.8 Å². The summed E-state index contributed by atoms with van der Waals surface area (Å²) in [6, 6.07) is 6.38. The number of hydrogen-bond acceptors (Lipinski definition) is 4. The van der Waals surface area contributed by atoms with Crippen LogP contribution in [0, 0.1) is 0 Å². The lowest BCUT2D eigenvalue weighted by atomic mass is 10.2. The van der Waals surface area contributed by atoms with Gasteiger partial charge in [0.1, 0.15) is 9.88 Å². The van der Waals surface area contributed by atoms with Gasteiger partial charge in [0.2, 0.25) is 0 Å². The van der Waals surface area contributed by atoms with Crippen LogP contribution >= 0.6 is 44.1 Å². The number of benzene rings is 1. The molecule has 0 radical (unpaired) electrons. The van der Waals surface area contributed by atoms with Gasteiger partial charge in [0.25, 0.3) is 10.0 Å². The van der Waals surface area contributed by atoms with Crippen LogP contribution in [0.4, 0.5) is 5.69 Å². The molecule has 0 spiro atoms. The third-order valence-electron chi connectivity index (χ3n) is 2.48. The van der Waals surface area contributed by atoms with Gasteiger partial charge in [-0.2, -0.15) is 0 Å². The van der Waals surface area contributed by atoms with E-state index in [2.05, 4.69) is 41.6 Å². The molecule has 0 saturated carbocycles. The number of halogens is 2. The standard InChI is InChI=1S/C12H9Br2N3O2S2/c13-7-1-2-11(10(4-7)12(15)20)17-21(18,19)9-3-8(14)5-16-6-9/h1-6,17H,(H2,15,20). The third-order valence-corrected chi connectivity index (χ3v) is 4.96. The number of pyridine rings is 1. The Labute approximate surface area is 144 Å². The van der Waals surface area contributed by atoms with Gasteiger partial charge < -0.3 is 5.73 Å². The van der Waals surface area contributed by atoms with Gasteiger partial charge in [0, 0.05) is 26.9 Å². The average Bonchev–Trinajstić information content (AvgIpc) is 2.40. The smallest absolute Gasteiger partial charge is 0.263 e. The van der Waals surface area contributed by atoms with Gasteiger partial charge in [-0.1, -0.05) is 28.1 Å². The molecule has 0 aliphatic rings. The summed E-state index contributed by atoms with van der Waals surface area (Å²) >= 11 is 11.4. The largest absolute Gasteiger partial charge is 0.389 e. The molecule has 2 rings (SSSR count). The highest BCUT2D eigenvalue weighted by Gasteiger charge is 2.17. The molecular weight excluding hydrogens is 442 g/mol. The molecule has 1 aromatic carbocycles. The Morgan fingerprint density at radius 2 is 1.90 bits per heavy atom. The number of sulfonamides is 1. The van der Waals surface area contributed by atoms with E-state index in [1.165, 1.54) is 18.5 Å². The van der Waals surface area contributed by atoms with Gasteiger partial charge in [0.05, 0.1) is 5.69 Å². The Hall–Kier alpha value is -1.03. The molecule has 0 unspecified atom stereocenters. The van der Waals surface area contributed by atoms with Crippen LogP contribution in [-0.2, 0) is 10.0 Å². The van der Waals surface area contributed by atoms with E-state index in [0.717, 1.165) is 4.47 Å². The van der Waals surface area contributed by atoms with Gasteiger partial charge in [-0.3, -0.25) is 9.71 Å². The van der Waals surface area contributed by atoms with E-state index in [4.69, 9.17) is 18.0 Å². The molecule has 21 heavy (non-hydrogen) atoms. The quantitative estimate of drug-likeness (QED) is 0.699. The third kappa shape index (κ3) is 4.00. The highest BCUT2D eigenvalue weighted by Crippen LogP contribution is 2.24. The number of nitrogens with zero attached hydrogens (tertiary/aromatic N) is 1. The van der Waals surface area contributed by atoms with E-state index in [1.54, 1.807) is 18.2 Å². The van der Waals surface area contributed by atoms with Crippen molar-refractivity contribution in [3.05, 3.63) is 51.2 Å². The SMILES string of the molecule is NC(=S)c1cc(Br)ccc1NS(=O)(=O)c1cncc(Br)c1. The first-order valence-electron chi connectivity index (χ1n) is 5.52. The van der Waals surface area contributed by atoms with Gasteiger partial charge in [-0.05, 0) is 40.2 Å². The van der Waals surface area contributed by atoms with Crippen molar-refractivity contribution in [2.24, 2.45) is 5.73 Å². The lowest BCUT2D eigenvalue weighted by molar-refractivity contribution is 0.600. The molecule has 0 aliphatic carbocycles. The molecule has 110 valence electrons. The lowest BCUT2D eigenvalue weighted by Crippen LogP contribution is -2.18. The Balaban J connectivity index is 2.44. The highest BCUT2D eigenvalue weighted by molar-refractivity contribution is 9.10. The number of anilines is 1. The topological polar surface area (TPSA) is 85.1 Å². The van der Waals surface area contributed by atoms with E-state index in [1.807, 2.05) is 0 Å². The number of nitrogens with two attached hydrogens (primary N) is 1. The second kappa shape index (κ2) is 6.39. The van der Waals surface area contributed by atoms with Crippen molar-refractivity contribution in [3.8, 4) is 0 Å². The van der Waals surface area contributed by atoms with Crippen LogP contribution < -0.4 is 10.5 Å². The van der Waals surface area contributed by atoms with Crippen molar-refractivity contribution in [1.82, 2.24) is 4.98 Å². The molecule has 3 N–H and O–H groups in total. The highest BCUT2D eigenvalue weighted by atomic mass is 79.9. The summed E-state index contributed by atoms with van der Waals surface area (Å²) < 4.78 is 28.5. The molecule has 2 aromatic rings. The summed E-state index contributed by atoms with van der Waals surface area (Å²) in [5.41, 5.74) is 6.37. The summed E-state index contributed by atoms with van der Waals surface area (Å²) in [5, 5.41) is 0. The molecule has 0 amide bonds. The van der Waals surface area contributed by atoms with Crippen molar-refractivity contribution in [3.63, 3.8) is 0 Å². The maximum Gasteiger partial charge on any atom is 0.263 e. The molecule has 0 bridgehead atoms. The fourth-order valence-electron chi connectivity index (χ4n) is 1.55. The van der Waals surface area contributed by atoms with Crippen LogP contribution in [0.2, 0.25) is 0 Å². The number of nitrogens with one attached hydrogen (secondary N) is 1. The van der Waals surface area contributed by atoms with Crippen molar-refractivity contribution < 1.29 is 8.42 Å². The predicted octanol–water partition coefficient (Wildman–Crippen LogP) is 3.04. The fourth-order valence-corrected chi connectivity index (χ4v) is 3.67. The first kappa shape index (κ1) is 16.3. The number of rotatable bonds is 4.